The van der Waals surface area contributed by atoms with Crippen LogP contribution >= 0.6 is 0 Å². The number of benzene rings is 1. The summed E-state index contributed by atoms with van der Waals surface area (Å²) >= 11 is 0. The van der Waals surface area contributed by atoms with E-state index >= 15 is 0 Å². The Morgan fingerprint density at radius 1 is 1.22 bits per heavy atom. The molecule has 0 aliphatic carbocycles. The highest BCUT2D eigenvalue weighted by Gasteiger charge is 2.24. The highest BCUT2D eigenvalue weighted by molar-refractivity contribution is 5.80. The van der Waals surface area contributed by atoms with Gasteiger partial charge in [-0.1, -0.05) is 12.1 Å². The summed E-state index contributed by atoms with van der Waals surface area (Å²) in [7, 11) is 0. The molecule has 0 atom stereocenters. The minimum Gasteiger partial charge on any atom is -0.325 e. The Balaban J connectivity index is 2.11. The zero-order valence-corrected chi connectivity index (χ0v) is 13.7. The Morgan fingerprint density at radius 3 is 2.26 bits per heavy atom. The Kier molecular flexibility index (Phi) is 5.75. The highest BCUT2D eigenvalue weighted by atomic mass is 19.1. The van der Waals surface area contributed by atoms with Crippen LogP contribution < -0.4 is 0 Å². The highest BCUT2D eigenvalue weighted by Crippen LogP contribution is 2.27. The number of hydrogen-bond donors (Lipinski definition) is 0. The number of urea groups is 1. The van der Waals surface area contributed by atoms with E-state index in [0.717, 1.165) is 11.1 Å². The molecule has 2 amide bonds. The van der Waals surface area contributed by atoms with Crippen LogP contribution in [0, 0.1) is 17.1 Å². The summed E-state index contributed by atoms with van der Waals surface area (Å²) in [5, 5.41) is 9.45. The van der Waals surface area contributed by atoms with E-state index in [9.17, 15) is 14.4 Å². The van der Waals surface area contributed by atoms with Gasteiger partial charge in [-0.15, -0.1) is 0 Å². The maximum Gasteiger partial charge on any atom is 0.319 e. The quantitative estimate of drug-likeness (QED) is 0.799. The van der Waals surface area contributed by atoms with Crippen LogP contribution in [0.15, 0.2) is 29.8 Å². The number of amides is 2. The number of halogens is 1. The standard InChI is InChI=1S/C18H22FN3O/c1-3-21(4-2)18(23)22-11-9-15(10-12-22)17(13-20)14-5-7-16(19)8-6-14/h5-8H,3-4,9-12H2,1-2H3. The molecule has 0 saturated carbocycles. The average molecular weight is 315 g/mol. The van der Waals surface area contributed by atoms with Gasteiger partial charge >= 0.3 is 6.03 Å². The molecule has 122 valence electrons. The summed E-state index contributed by atoms with van der Waals surface area (Å²) < 4.78 is 13.0. The molecule has 1 aromatic rings. The van der Waals surface area contributed by atoms with Crippen LogP contribution in [0.3, 0.4) is 0 Å². The average Bonchev–Trinajstić information content (AvgIpc) is 2.59. The molecule has 23 heavy (non-hydrogen) atoms. The zero-order valence-electron chi connectivity index (χ0n) is 13.7. The van der Waals surface area contributed by atoms with E-state index in [4.69, 9.17) is 0 Å². The van der Waals surface area contributed by atoms with Crippen molar-refractivity contribution >= 4 is 11.6 Å². The molecule has 5 heteroatoms. The van der Waals surface area contributed by atoms with Crippen molar-refractivity contribution in [1.82, 2.24) is 9.80 Å². The third-order valence-electron chi connectivity index (χ3n) is 4.27. The van der Waals surface area contributed by atoms with Crippen LogP contribution in [0.25, 0.3) is 5.57 Å². The molecule has 0 bridgehead atoms. The van der Waals surface area contributed by atoms with E-state index < -0.39 is 0 Å². The van der Waals surface area contributed by atoms with Crippen LogP contribution in [0.5, 0.6) is 0 Å². The molecule has 0 spiro atoms. The number of nitrogens with zero attached hydrogens (tertiary/aromatic N) is 3. The Morgan fingerprint density at radius 2 is 1.78 bits per heavy atom. The first kappa shape index (κ1) is 17.0. The molecule has 4 nitrogen and oxygen atoms in total. The fourth-order valence-electron chi connectivity index (χ4n) is 2.88. The molecular weight excluding hydrogens is 293 g/mol. The van der Waals surface area contributed by atoms with E-state index in [-0.39, 0.29) is 11.8 Å². The molecule has 1 heterocycles. The second-order valence-corrected chi connectivity index (χ2v) is 5.54. The first-order chi connectivity index (χ1) is 11.1. The molecule has 0 aromatic heterocycles. The van der Waals surface area contributed by atoms with Crippen LogP contribution in [-0.4, -0.2) is 42.0 Å². The lowest BCUT2D eigenvalue weighted by Gasteiger charge is -2.33. The molecular formula is C18H22FN3O. The molecule has 0 unspecified atom stereocenters. The lowest BCUT2D eigenvalue weighted by atomic mass is 9.94. The van der Waals surface area contributed by atoms with Gasteiger partial charge in [0.05, 0.1) is 11.6 Å². The Labute approximate surface area is 136 Å². The van der Waals surface area contributed by atoms with Crippen molar-refractivity contribution in [2.45, 2.75) is 26.7 Å². The molecule has 1 aliphatic heterocycles. The summed E-state index contributed by atoms with van der Waals surface area (Å²) in [6.07, 6.45) is 1.38. The maximum atomic E-state index is 13.0. The summed E-state index contributed by atoms with van der Waals surface area (Å²) in [5.41, 5.74) is 2.40. The van der Waals surface area contributed by atoms with Gasteiger partial charge in [0.2, 0.25) is 0 Å². The predicted molar refractivity (Wildman–Crippen MR) is 88.1 cm³/mol. The maximum absolute atomic E-state index is 13.0. The lowest BCUT2D eigenvalue weighted by molar-refractivity contribution is 0.154. The summed E-state index contributed by atoms with van der Waals surface area (Å²) in [6.45, 7) is 6.59. The number of rotatable bonds is 3. The summed E-state index contributed by atoms with van der Waals surface area (Å²) in [5.74, 6) is -0.310. The zero-order chi connectivity index (χ0) is 16.8. The van der Waals surface area contributed by atoms with Crippen molar-refractivity contribution in [2.24, 2.45) is 0 Å². The lowest BCUT2D eigenvalue weighted by Crippen LogP contribution is -2.45. The van der Waals surface area contributed by atoms with Crippen molar-refractivity contribution in [2.75, 3.05) is 26.2 Å². The molecule has 2 rings (SSSR count). The first-order valence-corrected chi connectivity index (χ1v) is 8.02. The number of piperidine rings is 1. The van der Waals surface area contributed by atoms with E-state index in [0.29, 0.717) is 44.6 Å². The molecule has 1 fully saturated rings. The second-order valence-electron chi connectivity index (χ2n) is 5.54. The number of hydrogen-bond acceptors (Lipinski definition) is 2. The van der Waals surface area contributed by atoms with Crippen LogP contribution in [0.4, 0.5) is 9.18 Å². The van der Waals surface area contributed by atoms with Crippen molar-refractivity contribution in [3.63, 3.8) is 0 Å². The summed E-state index contributed by atoms with van der Waals surface area (Å²) in [6, 6.07) is 8.31. The minimum atomic E-state index is -0.310. The largest absolute Gasteiger partial charge is 0.325 e. The summed E-state index contributed by atoms with van der Waals surface area (Å²) in [4.78, 5) is 16.0. The predicted octanol–water partition coefficient (Wildman–Crippen LogP) is 3.66. The second kappa shape index (κ2) is 7.77. The number of allylic oxidation sites excluding steroid dienone is 1. The van der Waals surface area contributed by atoms with Gasteiger partial charge in [-0.05, 0) is 50.0 Å². The van der Waals surface area contributed by atoms with Crippen molar-refractivity contribution in [1.29, 1.82) is 5.26 Å². The smallest absolute Gasteiger partial charge is 0.319 e. The fraction of sp³-hybridized carbons (Fsp3) is 0.444. The third kappa shape index (κ3) is 3.89. The Hall–Kier alpha value is -2.35. The van der Waals surface area contributed by atoms with Gasteiger partial charge in [-0.2, -0.15) is 5.26 Å². The molecule has 0 N–H and O–H groups in total. The molecule has 1 aliphatic rings. The Bertz CT molecular complexity index is 617. The topological polar surface area (TPSA) is 47.3 Å². The van der Waals surface area contributed by atoms with Gasteiger partial charge in [0.25, 0.3) is 0 Å². The van der Waals surface area contributed by atoms with E-state index in [1.165, 1.54) is 12.1 Å². The monoisotopic (exact) mass is 315 g/mol. The van der Waals surface area contributed by atoms with Gasteiger partial charge in [0.1, 0.15) is 5.82 Å². The van der Waals surface area contributed by atoms with E-state index in [1.807, 2.05) is 18.7 Å². The molecule has 1 aromatic carbocycles. The van der Waals surface area contributed by atoms with Crippen molar-refractivity contribution < 1.29 is 9.18 Å². The fourth-order valence-corrected chi connectivity index (χ4v) is 2.88. The molecule has 1 saturated heterocycles. The van der Waals surface area contributed by atoms with E-state index in [1.54, 1.807) is 17.0 Å². The number of nitriles is 1. The minimum absolute atomic E-state index is 0.0642. The van der Waals surface area contributed by atoms with E-state index in [2.05, 4.69) is 6.07 Å². The number of carbonyl (C=O) groups excluding carboxylic acids is 1. The van der Waals surface area contributed by atoms with Crippen LogP contribution in [0.2, 0.25) is 0 Å². The molecule has 0 radical (unpaired) electrons. The van der Waals surface area contributed by atoms with Gasteiger partial charge in [-0.3, -0.25) is 0 Å². The van der Waals surface area contributed by atoms with Gasteiger partial charge in [-0.25, -0.2) is 9.18 Å². The number of carbonyl (C=O) groups is 1. The van der Waals surface area contributed by atoms with Crippen LogP contribution in [0.1, 0.15) is 32.3 Å². The first-order valence-electron chi connectivity index (χ1n) is 8.02. The normalized spacial score (nSPS) is 14.3. The third-order valence-corrected chi connectivity index (χ3v) is 4.27. The van der Waals surface area contributed by atoms with Crippen molar-refractivity contribution in [3.8, 4) is 6.07 Å². The number of likely N-dealkylation sites (tertiary alicyclic amines) is 1. The van der Waals surface area contributed by atoms with Gasteiger partial charge in [0, 0.05) is 26.2 Å². The van der Waals surface area contributed by atoms with Crippen molar-refractivity contribution in [3.05, 3.63) is 41.2 Å². The van der Waals surface area contributed by atoms with Gasteiger partial charge < -0.3 is 9.80 Å². The van der Waals surface area contributed by atoms with Crippen LogP contribution in [-0.2, 0) is 0 Å². The SMILES string of the molecule is CCN(CC)C(=O)N1CCC(=C(C#N)c2ccc(F)cc2)CC1. The van der Waals surface area contributed by atoms with Gasteiger partial charge in [0.15, 0.2) is 0 Å².